The third-order valence-corrected chi connectivity index (χ3v) is 7.21. The van der Waals surface area contributed by atoms with Gasteiger partial charge in [-0.1, -0.05) is 49.0 Å². The molecule has 3 atom stereocenters. The van der Waals surface area contributed by atoms with Crippen LogP contribution in [0.1, 0.15) is 97.3 Å². The Hall–Kier alpha value is -0.640. The first-order chi connectivity index (χ1) is 12.8. The molecule has 0 aromatic carbocycles. The summed E-state index contributed by atoms with van der Waals surface area (Å²) in [5.41, 5.74) is 2.67. The van der Waals surface area contributed by atoms with E-state index in [0.29, 0.717) is 30.6 Å². The number of hydrogen-bond acceptors (Lipinski definition) is 3. The Balaban J connectivity index is 1.75. The van der Waals surface area contributed by atoms with Crippen LogP contribution in [0.4, 0.5) is 0 Å². The van der Waals surface area contributed by atoms with Crippen LogP contribution >= 0.6 is 0 Å². The Morgan fingerprint density at radius 3 is 2.30 bits per heavy atom. The maximum atomic E-state index is 10.1. The predicted molar refractivity (Wildman–Crippen MR) is 110 cm³/mol. The molecule has 3 N–H and O–H groups in total. The second-order valence-corrected chi connectivity index (χ2v) is 10.2. The van der Waals surface area contributed by atoms with Crippen LogP contribution in [0, 0.1) is 11.3 Å². The number of allylic oxidation sites excluding steroid dienone is 3. The zero-order valence-electron chi connectivity index (χ0n) is 17.4. The van der Waals surface area contributed by atoms with Gasteiger partial charge in [-0.15, -0.1) is 0 Å². The molecular weight excluding hydrogens is 336 g/mol. The molecule has 3 rings (SSSR count). The van der Waals surface area contributed by atoms with E-state index in [1.54, 1.807) is 5.57 Å². The number of rotatable bonds is 5. The Morgan fingerprint density at radius 2 is 1.67 bits per heavy atom. The summed E-state index contributed by atoms with van der Waals surface area (Å²) in [6.45, 7) is 3.82. The van der Waals surface area contributed by atoms with Gasteiger partial charge in [0.15, 0.2) is 0 Å². The van der Waals surface area contributed by atoms with E-state index in [-0.39, 0.29) is 0 Å². The topological polar surface area (TPSA) is 60.7 Å². The molecule has 0 aliphatic heterocycles. The largest absolute Gasteiger partial charge is 0.393 e. The molecule has 0 radical (unpaired) electrons. The minimum atomic E-state index is -0.568. The van der Waals surface area contributed by atoms with Gasteiger partial charge in [0.05, 0.1) is 17.8 Å². The van der Waals surface area contributed by atoms with Crippen molar-refractivity contribution in [3.05, 3.63) is 23.3 Å². The van der Waals surface area contributed by atoms with Crippen molar-refractivity contribution in [2.24, 2.45) is 11.3 Å². The van der Waals surface area contributed by atoms with E-state index in [1.807, 2.05) is 13.8 Å². The second-order valence-electron chi connectivity index (χ2n) is 10.2. The van der Waals surface area contributed by atoms with Crippen LogP contribution < -0.4 is 0 Å². The Bertz CT molecular complexity index is 536. The number of aliphatic hydroxyl groups is 3. The molecule has 1 spiro atoms. The maximum Gasteiger partial charge on any atom is 0.0602 e. The SMILES string of the molecule is CC(C)(O)CCC[C@H]1CCC2(CCCCC2)/C1=C/C=C1CC(O)CC(O)C1. The first kappa shape index (κ1) is 21.1. The molecule has 0 aromatic heterocycles. The molecule has 3 nitrogen and oxygen atoms in total. The van der Waals surface area contributed by atoms with E-state index in [0.717, 1.165) is 12.8 Å². The van der Waals surface area contributed by atoms with Crippen LogP contribution in [-0.4, -0.2) is 33.1 Å². The van der Waals surface area contributed by atoms with Crippen molar-refractivity contribution in [1.29, 1.82) is 0 Å². The fraction of sp³-hybridized carbons (Fsp3) is 0.833. The molecule has 0 aromatic rings. The molecule has 0 heterocycles. The van der Waals surface area contributed by atoms with Gasteiger partial charge in [-0.2, -0.15) is 0 Å². The lowest BCUT2D eigenvalue weighted by molar-refractivity contribution is 0.0609. The summed E-state index contributed by atoms with van der Waals surface area (Å²) in [7, 11) is 0. The predicted octanol–water partition coefficient (Wildman–Crippen LogP) is 5.05. The van der Waals surface area contributed by atoms with Crippen LogP contribution in [0.25, 0.3) is 0 Å². The van der Waals surface area contributed by atoms with Gasteiger partial charge in [-0.05, 0) is 83.0 Å². The molecule has 0 saturated heterocycles. The summed E-state index contributed by atoms with van der Waals surface area (Å²) in [5, 5.41) is 30.0. The highest BCUT2D eigenvalue weighted by Crippen LogP contribution is 2.56. The quantitative estimate of drug-likeness (QED) is 0.629. The van der Waals surface area contributed by atoms with Gasteiger partial charge in [0.2, 0.25) is 0 Å². The van der Waals surface area contributed by atoms with Crippen molar-refractivity contribution >= 4 is 0 Å². The van der Waals surface area contributed by atoms with E-state index in [9.17, 15) is 15.3 Å². The van der Waals surface area contributed by atoms with Crippen LogP contribution in [0.15, 0.2) is 23.3 Å². The molecule has 0 amide bonds. The zero-order chi connectivity index (χ0) is 19.5. The fourth-order valence-corrected chi connectivity index (χ4v) is 5.86. The van der Waals surface area contributed by atoms with E-state index >= 15 is 0 Å². The standard InChI is InChI=1S/C24H40O3/c1-23(2,27)11-6-7-19-10-14-24(12-4-3-5-13-24)22(19)9-8-18-15-20(25)17-21(26)16-18/h8-9,19-21,25-27H,3-7,10-17H2,1-2H3/b18-8?,22-9+/t19-,20?,21?/m0/s1. The van der Waals surface area contributed by atoms with Gasteiger partial charge >= 0.3 is 0 Å². The molecular formula is C24H40O3. The minimum Gasteiger partial charge on any atom is -0.393 e. The van der Waals surface area contributed by atoms with Gasteiger partial charge in [-0.3, -0.25) is 0 Å². The number of aliphatic hydroxyl groups excluding tert-OH is 2. The Labute approximate surface area is 165 Å². The van der Waals surface area contributed by atoms with E-state index < -0.39 is 17.8 Å². The van der Waals surface area contributed by atoms with Gasteiger partial charge in [0.25, 0.3) is 0 Å². The summed E-state index contributed by atoms with van der Waals surface area (Å²) in [5.74, 6) is 0.640. The van der Waals surface area contributed by atoms with Crippen LogP contribution in [0.3, 0.4) is 0 Å². The Kier molecular flexibility index (Phi) is 6.87. The smallest absolute Gasteiger partial charge is 0.0602 e. The molecule has 3 aliphatic rings. The summed E-state index contributed by atoms with van der Waals surface area (Å²) < 4.78 is 0. The van der Waals surface area contributed by atoms with Crippen molar-refractivity contribution in [3.63, 3.8) is 0 Å². The first-order valence-electron chi connectivity index (χ1n) is 11.3. The van der Waals surface area contributed by atoms with Crippen molar-refractivity contribution in [1.82, 2.24) is 0 Å². The summed E-state index contributed by atoms with van der Waals surface area (Å²) in [6.07, 6.45) is 18.2. The molecule has 27 heavy (non-hydrogen) atoms. The molecule has 154 valence electrons. The van der Waals surface area contributed by atoms with Gasteiger partial charge < -0.3 is 15.3 Å². The molecule has 2 unspecified atom stereocenters. The lowest BCUT2D eigenvalue weighted by Crippen LogP contribution is -2.25. The lowest BCUT2D eigenvalue weighted by Gasteiger charge is -2.36. The van der Waals surface area contributed by atoms with E-state index in [1.165, 1.54) is 56.9 Å². The average Bonchev–Trinajstić information content (AvgIpc) is 2.89. The molecule has 0 bridgehead atoms. The van der Waals surface area contributed by atoms with Crippen molar-refractivity contribution in [2.45, 2.75) is 115 Å². The zero-order valence-corrected chi connectivity index (χ0v) is 17.4. The highest BCUT2D eigenvalue weighted by molar-refractivity contribution is 5.30. The molecule has 3 saturated carbocycles. The minimum absolute atomic E-state index is 0.395. The first-order valence-corrected chi connectivity index (χ1v) is 11.3. The summed E-state index contributed by atoms with van der Waals surface area (Å²) in [6, 6.07) is 0. The van der Waals surface area contributed by atoms with Crippen LogP contribution in [0.5, 0.6) is 0 Å². The number of hydrogen-bond donors (Lipinski definition) is 3. The van der Waals surface area contributed by atoms with Crippen molar-refractivity contribution < 1.29 is 15.3 Å². The third kappa shape index (κ3) is 5.68. The monoisotopic (exact) mass is 376 g/mol. The second kappa shape index (κ2) is 8.80. The maximum absolute atomic E-state index is 10.1. The van der Waals surface area contributed by atoms with Gasteiger partial charge in [-0.25, -0.2) is 0 Å². The van der Waals surface area contributed by atoms with Crippen molar-refractivity contribution in [2.75, 3.05) is 0 Å². The van der Waals surface area contributed by atoms with Gasteiger partial charge in [0, 0.05) is 0 Å². The van der Waals surface area contributed by atoms with E-state index in [2.05, 4.69) is 12.2 Å². The highest BCUT2D eigenvalue weighted by Gasteiger charge is 2.43. The molecule has 3 heteroatoms. The van der Waals surface area contributed by atoms with Gasteiger partial charge in [0.1, 0.15) is 0 Å². The average molecular weight is 377 g/mol. The summed E-state index contributed by atoms with van der Waals surface area (Å²) in [4.78, 5) is 0. The lowest BCUT2D eigenvalue weighted by atomic mass is 9.69. The third-order valence-electron chi connectivity index (χ3n) is 7.21. The molecule has 3 aliphatic carbocycles. The summed E-state index contributed by atoms with van der Waals surface area (Å²) >= 11 is 0. The van der Waals surface area contributed by atoms with Crippen molar-refractivity contribution in [3.8, 4) is 0 Å². The Morgan fingerprint density at radius 1 is 1.00 bits per heavy atom. The molecule has 3 fully saturated rings. The van der Waals surface area contributed by atoms with Crippen LogP contribution in [-0.2, 0) is 0 Å². The fourth-order valence-electron chi connectivity index (χ4n) is 5.86. The normalized spacial score (nSPS) is 33.0. The van der Waals surface area contributed by atoms with E-state index in [4.69, 9.17) is 0 Å². The highest BCUT2D eigenvalue weighted by atomic mass is 16.3. The van der Waals surface area contributed by atoms with Crippen LogP contribution in [0.2, 0.25) is 0 Å².